The lowest BCUT2D eigenvalue weighted by atomic mass is 9.57. The van der Waals surface area contributed by atoms with Gasteiger partial charge in [-0.05, 0) is 18.1 Å². The topological polar surface area (TPSA) is 74.6 Å². The van der Waals surface area contributed by atoms with Gasteiger partial charge in [0, 0.05) is 11.8 Å². The van der Waals surface area contributed by atoms with Crippen LogP contribution in [0.15, 0.2) is 72.8 Å². The second-order valence-electron chi connectivity index (χ2n) is 6.61. The van der Waals surface area contributed by atoms with Gasteiger partial charge < -0.3 is 10.2 Å². The van der Waals surface area contributed by atoms with E-state index in [1.165, 1.54) is 0 Å². The van der Waals surface area contributed by atoms with Gasteiger partial charge in [-0.2, -0.15) is 0 Å². The number of carboxylic acids is 2. The highest BCUT2D eigenvalue weighted by Gasteiger charge is 2.55. The Bertz CT molecular complexity index is 797. The van der Waals surface area contributed by atoms with E-state index in [0.717, 1.165) is 11.1 Å². The summed E-state index contributed by atoms with van der Waals surface area (Å²) >= 11 is 0. The average Bonchev–Trinajstić information content (AvgIpc) is 2.62. The molecular formula is C21H20O4. The summed E-state index contributed by atoms with van der Waals surface area (Å²) in [5.41, 5.74) is 0.161. The number of benzene rings is 2. The lowest BCUT2D eigenvalue weighted by Crippen LogP contribution is -2.48. The largest absolute Gasteiger partial charge is 0.481 e. The second-order valence-corrected chi connectivity index (χ2v) is 6.61. The van der Waals surface area contributed by atoms with Gasteiger partial charge >= 0.3 is 11.9 Å². The molecule has 2 aromatic carbocycles. The molecule has 2 N–H and O–H groups in total. The van der Waals surface area contributed by atoms with Crippen LogP contribution in [-0.4, -0.2) is 22.2 Å². The third-order valence-electron chi connectivity index (χ3n) is 5.23. The normalized spacial score (nSPS) is 28.4. The Morgan fingerprint density at radius 2 is 1.36 bits per heavy atom. The third-order valence-corrected chi connectivity index (χ3v) is 5.23. The van der Waals surface area contributed by atoms with Gasteiger partial charge in [0.25, 0.3) is 0 Å². The Balaban J connectivity index is 2.18. The summed E-state index contributed by atoms with van der Waals surface area (Å²) in [4.78, 5) is 24.4. The number of allylic oxidation sites excluding steroid dienone is 2. The van der Waals surface area contributed by atoms with E-state index >= 15 is 0 Å². The van der Waals surface area contributed by atoms with Gasteiger partial charge in [-0.15, -0.1) is 0 Å². The van der Waals surface area contributed by atoms with Crippen molar-refractivity contribution in [2.45, 2.75) is 18.8 Å². The molecule has 4 nitrogen and oxygen atoms in total. The molecule has 0 radical (unpaired) electrons. The van der Waals surface area contributed by atoms with Gasteiger partial charge in [0.05, 0.1) is 11.3 Å². The highest BCUT2D eigenvalue weighted by atomic mass is 16.4. The molecule has 0 unspecified atom stereocenters. The van der Waals surface area contributed by atoms with E-state index in [1.54, 1.807) is 6.92 Å². The summed E-state index contributed by atoms with van der Waals surface area (Å²) in [6.07, 6.45) is 3.69. The Hall–Kier alpha value is -2.88. The molecule has 0 saturated carbocycles. The lowest BCUT2D eigenvalue weighted by Gasteiger charge is -2.43. The van der Waals surface area contributed by atoms with Crippen LogP contribution in [0.5, 0.6) is 0 Å². The van der Waals surface area contributed by atoms with Crippen molar-refractivity contribution in [3.05, 3.63) is 83.9 Å². The van der Waals surface area contributed by atoms with Crippen LogP contribution < -0.4 is 0 Å². The van der Waals surface area contributed by atoms with Gasteiger partial charge in [-0.1, -0.05) is 72.8 Å². The Morgan fingerprint density at radius 3 is 1.84 bits per heavy atom. The smallest absolute Gasteiger partial charge is 0.311 e. The minimum Gasteiger partial charge on any atom is -0.481 e. The molecule has 0 saturated heterocycles. The van der Waals surface area contributed by atoms with Crippen molar-refractivity contribution in [1.29, 1.82) is 0 Å². The Morgan fingerprint density at radius 1 is 0.840 bits per heavy atom. The Labute approximate surface area is 146 Å². The number of rotatable bonds is 4. The number of carbonyl (C=O) groups is 2. The van der Waals surface area contributed by atoms with E-state index in [0.29, 0.717) is 0 Å². The molecule has 0 amide bonds. The van der Waals surface area contributed by atoms with Crippen LogP contribution in [0, 0.1) is 11.3 Å². The van der Waals surface area contributed by atoms with E-state index in [2.05, 4.69) is 0 Å². The van der Waals surface area contributed by atoms with Gasteiger partial charge in [-0.3, -0.25) is 9.59 Å². The molecule has 3 rings (SSSR count). The zero-order valence-corrected chi connectivity index (χ0v) is 13.9. The van der Waals surface area contributed by atoms with Gasteiger partial charge in [0.1, 0.15) is 0 Å². The predicted molar refractivity (Wildman–Crippen MR) is 94.4 cm³/mol. The first-order valence-electron chi connectivity index (χ1n) is 8.20. The summed E-state index contributed by atoms with van der Waals surface area (Å²) in [7, 11) is 0. The van der Waals surface area contributed by atoms with E-state index < -0.39 is 35.1 Å². The fourth-order valence-electron chi connectivity index (χ4n) is 3.88. The molecule has 0 fully saturated rings. The number of aliphatic carboxylic acids is 2. The number of hydrogen-bond acceptors (Lipinski definition) is 2. The van der Waals surface area contributed by atoms with Crippen LogP contribution in [0.25, 0.3) is 0 Å². The van der Waals surface area contributed by atoms with Gasteiger partial charge in [0.2, 0.25) is 0 Å². The molecular weight excluding hydrogens is 316 g/mol. The minimum absolute atomic E-state index is 0.486. The SMILES string of the molecule is C[C@]1(C(=O)O)[C@H](c2ccccc2)C=C[C@@H](c2ccccc2)[C@@H]1C(=O)O. The molecule has 0 heterocycles. The van der Waals surface area contributed by atoms with E-state index in [1.807, 2.05) is 72.8 Å². The van der Waals surface area contributed by atoms with Crippen molar-refractivity contribution in [3.63, 3.8) is 0 Å². The monoisotopic (exact) mass is 336 g/mol. The molecule has 128 valence electrons. The van der Waals surface area contributed by atoms with Crippen molar-refractivity contribution in [2.75, 3.05) is 0 Å². The molecule has 0 aromatic heterocycles. The lowest BCUT2D eigenvalue weighted by molar-refractivity contribution is -0.163. The molecule has 1 aliphatic rings. The summed E-state index contributed by atoms with van der Waals surface area (Å²) in [5, 5.41) is 19.9. The minimum atomic E-state index is -1.46. The molecule has 2 aromatic rings. The predicted octanol–water partition coefficient (Wildman–Crippen LogP) is 3.92. The van der Waals surface area contributed by atoms with Crippen LogP contribution >= 0.6 is 0 Å². The summed E-state index contributed by atoms with van der Waals surface area (Å²) < 4.78 is 0. The van der Waals surface area contributed by atoms with Crippen LogP contribution in [0.3, 0.4) is 0 Å². The first-order chi connectivity index (χ1) is 12.0. The first kappa shape index (κ1) is 17.0. The summed E-state index contributed by atoms with van der Waals surface area (Å²) in [6.45, 7) is 1.55. The fraction of sp³-hybridized carbons (Fsp3) is 0.238. The summed E-state index contributed by atoms with van der Waals surface area (Å²) in [6, 6.07) is 18.4. The van der Waals surface area contributed by atoms with Crippen molar-refractivity contribution >= 4 is 11.9 Å². The van der Waals surface area contributed by atoms with Crippen molar-refractivity contribution < 1.29 is 19.8 Å². The zero-order chi connectivity index (χ0) is 18.0. The highest BCUT2D eigenvalue weighted by Crippen LogP contribution is 2.52. The molecule has 0 spiro atoms. The van der Waals surface area contributed by atoms with E-state index in [-0.39, 0.29) is 0 Å². The van der Waals surface area contributed by atoms with Gasteiger partial charge in [-0.25, -0.2) is 0 Å². The van der Waals surface area contributed by atoms with Crippen molar-refractivity contribution in [2.24, 2.45) is 11.3 Å². The average molecular weight is 336 g/mol. The van der Waals surface area contributed by atoms with Crippen LogP contribution in [0.4, 0.5) is 0 Å². The van der Waals surface area contributed by atoms with Gasteiger partial charge in [0.15, 0.2) is 0 Å². The van der Waals surface area contributed by atoms with Crippen LogP contribution in [-0.2, 0) is 9.59 Å². The Kier molecular flexibility index (Phi) is 4.45. The van der Waals surface area contributed by atoms with Crippen molar-refractivity contribution in [1.82, 2.24) is 0 Å². The number of hydrogen-bond donors (Lipinski definition) is 2. The van der Waals surface area contributed by atoms with E-state index in [9.17, 15) is 19.8 Å². The van der Waals surface area contributed by atoms with E-state index in [4.69, 9.17) is 0 Å². The first-order valence-corrected chi connectivity index (χ1v) is 8.20. The second kappa shape index (κ2) is 6.55. The molecule has 0 aliphatic heterocycles. The van der Waals surface area contributed by atoms with Crippen LogP contribution in [0.2, 0.25) is 0 Å². The fourth-order valence-corrected chi connectivity index (χ4v) is 3.88. The molecule has 4 atom stereocenters. The van der Waals surface area contributed by atoms with Crippen molar-refractivity contribution in [3.8, 4) is 0 Å². The molecule has 1 aliphatic carbocycles. The molecule has 0 bridgehead atoms. The molecule has 4 heteroatoms. The number of carboxylic acid groups (broad SMARTS) is 2. The standard InChI is InChI=1S/C21H20O4/c1-21(20(24)25)17(15-10-6-3-7-11-15)13-12-16(18(21)19(22)23)14-8-4-2-5-9-14/h2-13,16-18H,1H3,(H,22,23)(H,24,25)/t16-,17-,18+,21-/m0/s1. The summed E-state index contributed by atoms with van der Waals surface area (Å²) in [5.74, 6) is -4.25. The molecule has 25 heavy (non-hydrogen) atoms. The maximum atomic E-state index is 12.3. The zero-order valence-electron chi connectivity index (χ0n) is 13.9. The maximum Gasteiger partial charge on any atom is 0.311 e. The quantitative estimate of drug-likeness (QED) is 0.830. The third kappa shape index (κ3) is 2.84. The highest BCUT2D eigenvalue weighted by molar-refractivity contribution is 5.86. The van der Waals surface area contributed by atoms with Crippen LogP contribution in [0.1, 0.15) is 29.9 Å². The maximum absolute atomic E-state index is 12.3.